The zero-order chi connectivity index (χ0) is 16.3. The Labute approximate surface area is 133 Å². The third-order valence-electron chi connectivity index (χ3n) is 3.05. The maximum atomic E-state index is 12.5. The monoisotopic (exact) mass is 372 g/mol. The number of amides is 1. The number of rotatable bonds is 3. The molecule has 1 amide bonds. The Hall–Kier alpha value is -1.89. The number of halogens is 4. The van der Waals surface area contributed by atoms with Crippen molar-refractivity contribution in [2.24, 2.45) is 0 Å². The third kappa shape index (κ3) is 4.07. The van der Waals surface area contributed by atoms with Gasteiger partial charge in [-0.2, -0.15) is 13.2 Å². The van der Waals surface area contributed by atoms with Crippen molar-refractivity contribution in [3.63, 3.8) is 0 Å². The van der Waals surface area contributed by atoms with Gasteiger partial charge in [-0.25, -0.2) is 0 Å². The van der Waals surface area contributed by atoms with E-state index in [0.29, 0.717) is 15.6 Å². The van der Waals surface area contributed by atoms with E-state index < -0.39 is 17.8 Å². The molecule has 1 aromatic carbocycles. The van der Waals surface area contributed by atoms with Gasteiger partial charge >= 0.3 is 6.18 Å². The van der Waals surface area contributed by atoms with E-state index in [-0.39, 0.29) is 5.91 Å². The van der Waals surface area contributed by atoms with Gasteiger partial charge in [0, 0.05) is 16.9 Å². The van der Waals surface area contributed by atoms with Crippen LogP contribution in [-0.4, -0.2) is 10.9 Å². The van der Waals surface area contributed by atoms with Crippen molar-refractivity contribution in [1.82, 2.24) is 10.3 Å². The molecule has 7 heteroatoms. The Balaban J connectivity index is 2.09. The Kier molecular flexibility index (Phi) is 4.85. The Bertz CT molecular complexity index is 671. The highest BCUT2D eigenvalue weighted by atomic mass is 79.9. The van der Waals surface area contributed by atoms with Crippen LogP contribution < -0.4 is 5.32 Å². The summed E-state index contributed by atoms with van der Waals surface area (Å²) in [6.45, 7) is 1.70. The molecule has 0 aliphatic heterocycles. The molecule has 0 fully saturated rings. The number of benzene rings is 1. The molecule has 22 heavy (non-hydrogen) atoms. The maximum Gasteiger partial charge on any atom is 0.416 e. The largest absolute Gasteiger partial charge is 0.416 e. The molecule has 0 aliphatic carbocycles. The van der Waals surface area contributed by atoms with Crippen molar-refractivity contribution in [1.29, 1.82) is 0 Å². The smallest absolute Gasteiger partial charge is 0.345 e. The van der Waals surface area contributed by atoms with Crippen LogP contribution in [0.2, 0.25) is 0 Å². The first kappa shape index (κ1) is 16.5. The van der Waals surface area contributed by atoms with Crippen LogP contribution in [0.5, 0.6) is 0 Å². The molecular weight excluding hydrogens is 361 g/mol. The molecular formula is C15H12BrF3N2O. The van der Waals surface area contributed by atoms with E-state index >= 15 is 0 Å². The van der Waals surface area contributed by atoms with Crippen LogP contribution in [0.25, 0.3) is 0 Å². The summed E-state index contributed by atoms with van der Waals surface area (Å²) in [4.78, 5) is 15.9. The molecule has 1 N–H and O–H groups in total. The van der Waals surface area contributed by atoms with Crippen molar-refractivity contribution in [3.05, 3.63) is 63.9 Å². The second-order valence-electron chi connectivity index (χ2n) is 4.71. The highest BCUT2D eigenvalue weighted by molar-refractivity contribution is 9.10. The van der Waals surface area contributed by atoms with Crippen molar-refractivity contribution in [2.75, 3.05) is 0 Å². The van der Waals surface area contributed by atoms with Crippen LogP contribution in [0.15, 0.2) is 47.2 Å². The molecule has 0 saturated heterocycles. The number of hydrogen-bond donors (Lipinski definition) is 1. The van der Waals surface area contributed by atoms with Crippen LogP contribution in [0.1, 0.15) is 34.5 Å². The van der Waals surface area contributed by atoms with Crippen LogP contribution in [0.4, 0.5) is 13.2 Å². The minimum Gasteiger partial charge on any atom is -0.345 e. The topological polar surface area (TPSA) is 42.0 Å². The van der Waals surface area contributed by atoms with Gasteiger partial charge in [-0.15, -0.1) is 0 Å². The summed E-state index contributed by atoms with van der Waals surface area (Å²) in [7, 11) is 0. The molecule has 0 saturated carbocycles. The van der Waals surface area contributed by atoms with E-state index in [2.05, 4.69) is 26.2 Å². The van der Waals surface area contributed by atoms with Crippen molar-refractivity contribution >= 4 is 21.8 Å². The van der Waals surface area contributed by atoms with Gasteiger partial charge in [-0.05, 0) is 46.6 Å². The second kappa shape index (κ2) is 6.48. The molecule has 1 aromatic heterocycles. The number of carbonyl (C=O) groups is 1. The van der Waals surface area contributed by atoms with Gasteiger partial charge in [0.1, 0.15) is 0 Å². The SMILES string of the molecule is C[C@H](NC(=O)c1cncc(Br)c1)c1ccc(C(F)(F)F)cc1. The highest BCUT2D eigenvalue weighted by Gasteiger charge is 2.30. The summed E-state index contributed by atoms with van der Waals surface area (Å²) >= 11 is 3.22. The summed E-state index contributed by atoms with van der Waals surface area (Å²) in [5.41, 5.74) is 0.239. The molecule has 3 nitrogen and oxygen atoms in total. The number of hydrogen-bond acceptors (Lipinski definition) is 2. The van der Waals surface area contributed by atoms with Crippen molar-refractivity contribution < 1.29 is 18.0 Å². The molecule has 1 heterocycles. The maximum absolute atomic E-state index is 12.5. The lowest BCUT2D eigenvalue weighted by Crippen LogP contribution is -2.26. The average molecular weight is 373 g/mol. The van der Waals surface area contributed by atoms with E-state index in [1.807, 2.05) is 0 Å². The summed E-state index contributed by atoms with van der Waals surface area (Å²) in [5.74, 6) is -0.346. The van der Waals surface area contributed by atoms with Crippen LogP contribution in [0.3, 0.4) is 0 Å². The standard InChI is InChI=1S/C15H12BrF3N2O/c1-9(10-2-4-12(5-3-10)15(17,18)19)21-14(22)11-6-13(16)8-20-7-11/h2-9H,1H3,(H,21,22)/t9-/m0/s1. The average Bonchev–Trinajstić information content (AvgIpc) is 2.46. The molecule has 1 atom stereocenters. The first-order chi connectivity index (χ1) is 10.3. The fraction of sp³-hybridized carbons (Fsp3) is 0.200. The van der Waals surface area contributed by atoms with E-state index in [1.54, 1.807) is 19.2 Å². The molecule has 0 radical (unpaired) electrons. The fourth-order valence-corrected chi connectivity index (χ4v) is 2.22. The minimum absolute atomic E-state index is 0.346. The number of alkyl halides is 3. The van der Waals surface area contributed by atoms with Gasteiger partial charge in [-0.1, -0.05) is 12.1 Å². The Morgan fingerprint density at radius 2 is 1.86 bits per heavy atom. The van der Waals surface area contributed by atoms with Gasteiger partial charge in [0.2, 0.25) is 0 Å². The molecule has 2 rings (SSSR count). The zero-order valence-electron chi connectivity index (χ0n) is 11.5. The Morgan fingerprint density at radius 3 is 2.41 bits per heavy atom. The first-order valence-corrected chi connectivity index (χ1v) is 7.15. The lowest BCUT2D eigenvalue weighted by molar-refractivity contribution is -0.137. The zero-order valence-corrected chi connectivity index (χ0v) is 13.1. The van der Waals surface area contributed by atoms with Gasteiger partial charge in [-0.3, -0.25) is 9.78 Å². The number of carbonyl (C=O) groups excluding carboxylic acids is 1. The summed E-state index contributed by atoms with van der Waals surface area (Å²) in [5, 5.41) is 2.72. The molecule has 0 unspecified atom stereocenters. The van der Waals surface area contributed by atoms with E-state index in [0.717, 1.165) is 12.1 Å². The number of nitrogens with one attached hydrogen (secondary N) is 1. The molecule has 0 bridgehead atoms. The lowest BCUT2D eigenvalue weighted by Gasteiger charge is -2.15. The third-order valence-corrected chi connectivity index (χ3v) is 3.49. The molecule has 116 valence electrons. The van der Waals surface area contributed by atoms with Crippen molar-refractivity contribution in [2.45, 2.75) is 19.1 Å². The predicted octanol–water partition coefficient (Wildman–Crippen LogP) is 4.35. The van der Waals surface area contributed by atoms with E-state index in [9.17, 15) is 18.0 Å². The number of pyridine rings is 1. The van der Waals surface area contributed by atoms with E-state index in [1.165, 1.54) is 18.3 Å². The number of nitrogens with zero attached hydrogens (tertiary/aromatic N) is 1. The summed E-state index contributed by atoms with van der Waals surface area (Å²) in [6, 6.07) is 5.90. The normalized spacial score (nSPS) is 12.8. The van der Waals surface area contributed by atoms with E-state index in [4.69, 9.17) is 0 Å². The highest BCUT2D eigenvalue weighted by Crippen LogP contribution is 2.29. The van der Waals surface area contributed by atoms with Crippen LogP contribution in [-0.2, 0) is 6.18 Å². The van der Waals surface area contributed by atoms with Gasteiger partial charge in [0.25, 0.3) is 5.91 Å². The Morgan fingerprint density at radius 1 is 1.23 bits per heavy atom. The first-order valence-electron chi connectivity index (χ1n) is 6.36. The fourth-order valence-electron chi connectivity index (χ4n) is 1.86. The summed E-state index contributed by atoms with van der Waals surface area (Å²) < 4.78 is 38.2. The quantitative estimate of drug-likeness (QED) is 0.869. The van der Waals surface area contributed by atoms with Gasteiger partial charge < -0.3 is 5.32 Å². The predicted molar refractivity (Wildman–Crippen MR) is 79.3 cm³/mol. The molecule has 2 aromatic rings. The summed E-state index contributed by atoms with van der Waals surface area (Å²) in [6.07, 6.45) is -1.40. The molecule has 0 aliphatic rings. The molecule has 0 spiro atoms. The second-order valence-corrected chi connectivity index (χ2v) is 5.62. The van der Waals surface area contributed by atoms with Crippen LogP contribution in [0, 0.1) is 0 Å². The van der Waals surface area contributed by atoms with Gasteiger partial charge in [0.15, 0.2) is 0 Å². The van der Waals surface area contributed by atoms with Gasteiger partial charge in [0.05, 0.1) is 17.2 Å². The van der Waals surface area contributed by atoms with Crippen molar-refractivity contribution in [3.8, 4) is 0 Å². The minimum atomic E-state index is -4.37. The van der Waals surface area contributed by atoms with Crippen LogP contribution >= 0.6 is 15.9 Å². The number of aromatic nitrogens is 1. The lowest BCUT2D eigenvalue weighted by atomic mass is 10.1.